The standard InChI is InChI=1S/C19H24N4O2/c24-19(17-8-11-25-13-17)22-9-6-16(7-10-22)18-21-20-14-23(18)12-15-4-2-1-3-5-15/h1-5,14,16-17H,6-13H2/t17-/m0/s1. The van der Waals surface area contributed by atoms with Crippen LogP contribution in [0.5, 0.6) is 0 Å². The van der Waals surface area contributed by atoms with Gasteiger partial charge in [-0.15, -0.1) is 10.2 Å². The third-order valence-electron chi connectivity index (χ3n) is 5.29. The van der Waals surface area contributed by atoms with Crippen molar-refractivity contribution in [3.05, 3.63) is 48.0 Å². The minimum atomic E-state index is 0.0679. The van der Waals surface area contributed by atoms with Crippen molar-refractivity contribution < 1.29 is 9.53 Å². The smallest absolute Gasteiger partial charge is 0.228 e. The molecule has 1 aromatic heterocycles. The van der Waals surface area contributed by atoms with Gasteiger partial charge < -0.3 is 14.2 Å². The first-order chi connectivity index (χ1) is 12.3. The van der Waals surface area contributed by atoms with Crippen molar-refractivity contribution in [2.45, 2.75) is 31.7 Å². The summed E-state index contributed by atoms with van der Waals surface area (Å²) in [6.07, 6.45) is 4.58. The maximum atomic E-state index is 12.5. The van der Waals surface area contributed by atoms with E-state index in [1.165, 1.54) is 5.56 Å². The van der Waals surface area contributed by atoms with Gasteiger partial charge in [0.15, 0.2) is 0 Å². The van der Waals surface area contributed by atoms with Crippen LogP contribution in [0.2, 0.25) is 0 Å². The van der Waals surface area contributed by atoms with E-state index in [-0.39, 0.29) is 11.8 Å². The molecule has 132 valence electrons. The molecule has 0 N–H and O–H groups in total. The Morgan fingerprint density at radius 2 is 1.96 bits per heavy atom. The Labute approximate surface area is 147 Å². The Balaban J connectivity index is 1.38. The molecule has 0 radical (unpaired) electrons. The summed E-state index contributed by atoms with van der Waals surface area (Å²) in [5, 5.41) is 8.50. The molecule has 3 heterocycles. The number of nitrogens with zero attached hydrogens (tertiary/aromatic N) is 4. The van der Waals surface area contributed by atoms with E-state index >= 15 is 0 Å². The number of hydrogen-bond donors (Lipinski definition) is 0. The Bertz CT molecular complexity index is 701. The van der Waals surface area contributed by atoms with Gasteiger partial charge in [-0.05, 0) is 24.8 Å². The normalized spacial score (nSPS) is 21.6. The van der Waals surface area contributed by atoms with Crippen molar-refractivity contribution in [1.29, 1.82) is 0 Å². The van der Waals surface area contributed by atoms with Crippen LogP contribution in [0.3, 0.4) is 0 Å². The van der Waals surface area contributed by atoms with Crippen molar-refractivity contribution in [1.82, 2.24) is 19.7 Å². The number of benzene rings is 1. The van der Waals surface area contributed by atoms with Crippen LogP contribution in [0, 0.1) is 5.92 Å². The minimum absolute atomic E-state index is 0.0679. The van der Waals surface area contributed by atoms with Crippen molar-refractivity contribution >= 4 is 5.91 Å². The molecular formula is C19H24N4O2. The highest BCUT2D eigenvalue weighted by Gasteiger charge is 2.32. The maximum absolute atomic E-state index is 12.5. The summed E-state index contributed by atoms with van der Waals surface area (Å²) in [7, 11) is 0. The number of hydrogen-bond acceptors (Lipinski definition) is 4. The number of rotatable bonds is 4. The zero-order valence-corrected chi connectivity index (χ0v) is 14.4. The molecule has 6 heteroatoms. The summed E-state index contributed by atoms with van der Waals surface area (Å²) in [6.45, 7) is 3.71. The SMILES string of the molecule is O=C([C@H]1CCOC1)N1CCC(c2nncn2Cc2ccccc2)CC1. The topological polar surface area (TPSA) is 60.2 Å². The van der Waals surface area contributed by atoms with Crippen LogP contribution >= 0.6 is 0 Å². The quantitative estimate of drug-likeness (QED) is 0.855. The molecule has 25 heavy (non-hydrogen) atoms. The van der Waals surface area contributed by atoms with Crippen LogP contribution in [0.15, 0.2) is 36.7 Å². The van der Waals surface area contributed by atoms with Crippen LogP contribution in [0.1, 0.15) is 36.6 Å². The number of carbonyl (C=O) groups is 1. The van der Waals surface area contributed by atoms with Gasteiger partial charge in [0, 0.05) is 25.6 Å². The lowest BCUT2D eigenvalue weighted by Crippen LogP contribution is -2.41. The molecule has 0 aliphatic carbocycles. The van der Waals surface area contributed by atoms with Crippen LogP contribution in [-0.4, -0.2) is 51.9 Å². The summed E-state index contributed by atoms with van der Waals surface area (Å²) in [5.41, 5.74) is 1.25. The molecule has 2 aliphatic heterocycles. The van der Waals surface area contributed by atoms with Gasteiger partial charge in [-0.3, -0.25) is 4.79 Å². The molecule has 0 spiro atoms. The molecule has 2 aliphatic rings. The van der Waals surface area contributed by atoms with Crippen LogP contribution in [0.25, 0.3) is 0 Å². The molecule has 4 rings (SSSR count). The molecule has 1 aromatic carbocycles. The second kappa shape index (κ2) is 7.35. The molecule has 2 fully saturated rings. The van der Waals surface area contributed by atoms with E-state index in [4.69, 9.17) is 4.74 Å². The van der Waals surface area contributed by atoms with E-state index in [0.29, 0.717) is 12.5 Å². The number of aromatic nitrogens is 3. The monoisotopic (exact) mass is 340 g/mol. The van der Waals surface area contributed by atoms with Gasteiger partial charge in [-0.2, -0.15) is 0 Å². The van der Waals surface area contributed by atoms with Crippen LogP contribution < -0.4 is 0 Å². The fourth-order valence-electron chi connectivity index (χ4n) is 3.83. The molecule has 0 saturated carbocycles. The lowest BCUT2D eigenvalue weighted by Gasteiger charge is -2.33. The Morgan fingerprint density at radius 3 is 2.68 bits per heavy atom. The zero-order valence-electron chi connectivity index (χ0n) is 14.4. The Morgan fingerprint density at radius 1 is 1.16 bits per heavy atom. The third-order valence-corrected chi connectivity index (χ3v) is 5.29. The Hall–Kier alpha value is -2.21. The molecule has 6 nitrogen and oxygen atoms in total. The van der Waals surface area contributed by atoms with E-state index in [0.717, 1.165) is 51.3 Å². The average Bonchev–Trinajstić information content (AvgIpc) is 3.34. The number of carbonyl (C=O) groups excluding carboxylic acids is 1. The third kappa shape index (κ3) is 3.58. The van der Waals surface area contributed by atoms with Gasteiger partial charge in [0.2, 0.25) is 5.91 Å². The first-order valence-electron chi connectivity index (χ1n) is 9.09. The lowest BCUT2D eigenvalue weighted by atomic mass is 9.94. The van der Waals surface area contributed by atoms with Gasteiger partial charge in [0.1, 0.15) is 12.2 Å². The number of amides is 1. The summed E-state index contributed by atoms with van der Waals surface area (Å²) >= 11 is 0. The predicted octanol–water partition coefficient (Wildman–Crippen LogP) is 2.07. The van der Waals surface area contributed by atoms with Gasteiger partial charge in [0.05, 0.1) is 19.1 Å². The van der Waals surface area contributed by atoms with Gasteiger partial charge in [-0.1, -0.05) is 30.3 Å². The molecule has 1 atom stereocenters. The fraction of sp³-hybridized carbons (Fsp3) is 0.526. The molecular weight excluding hydrogens is 316 g/mol. The van der Waals surface area contributed by atoms with E-state index in [1.807, 2.05) is 17.3 Å². The van der Waals surface area contributed by atoms with Crippen molar-refractivity contribution in [2.24, 2.45) is 5.92 Å². The second-order valence-electron chi connectivity index (χ2n) is 6.96. The molecule has 2 aromatic rings. The molecule has 0 unspecified atom stereocenters. The highest BCUT2D eigenvalue weighted by atomic mass is 16.5. The first-order valence-corrected chi connectivity index (χ1v) is 9.09. The predicted molar refractivity (Wildman–Crippen MR) is 93.0 cm³/mol. The van der Waals surface area contributed by atoms with Gasteiger partial charge in [0.25, 0.3) is 0 Å². The summed E-state index contributed by atoms with van der Waals surface area (Å²) < 4.78 is 7.49. The minimum Gasteiger partial charge on any atom is -0.381 e. The highest BCUT2D eigenvalue weighted by Crippen LogP contribution is 2.28. The van der Waals surface area contributed by atoms with Crippen LogP contribution in [-0.2, 0) is 16.1 Å². The summed E-state index contributed by atoms with van der Waals surface area (Å²) in [5.74, 6) is 1.75. The largest absolute Gasteiger partial charge is 0.381 e. The van der Waals surface area contributed by atoms with E-state index in [1.54, 1.807) is 0 Å². The van der Waals surface area contributed by atoms with Crippen molar-refractivity contribution in [3.63, 3.8) is 0 Å². The van der Waals surface area contributed by atoms with E-state index in [9.17, 15) is 4.79 Å². The zero-order chi connectivity index (χ0) is 17.1. The lowest BCUT2D eigenvalue weighted by molar-refractivity contribution is -0.136. The van der Waals surface area contributed by atoms with Crippen LogP contribution in [0.4, 0.5) is 0 Å². The second-order valence-corrected chi connectivity index (χ2v) is 6.96. The van der Waals surface area contributed by atoms with Gasteiger partial charge >= 0.3 is 0 Å². The Kier molecular flexibility index (Phi) is 4.78. The number of likely N-dealkylation sites (tertiary alicyclic amines) is 1. The van der Waals surface area contributed by atoms with E-state index < -0.39 is 0 Å². The number of ether oxygens (including phenoxy) is 1. The fourth-order valence-corrected chi connectivity index (χ4v) is 3.83. The van der Waals surface area contributed by atoms with Crippen molar-refractivity contribution in [2.75, 3.05) is 26.3 Å². The molecule has 0 bridgehead atoms. The van der Waals surface area contributed by atoms with Gasteiger partial charge in [-0.25, -0.2) is 0 Å². The molecule has 2 saturated heterocycles. The van der Waals surface area contributed by atoms with E-state index in [2.05, 4.69) is 39.0 Å². The summed E-state index contributed by atoms with van der Waals surface area (Å²) in [4.78, 5) is 14.5. The highest BCUT2D eigenvalue weighted by molar-refractivity contribution is 5.79. The molecule has 1 amide bonds. The number of piperidine rings is 1. The maximum Gasteiger partial charge on any atom is 0.228 e. The summed E-state index contributed by atoms with van der Waals surface area (Å²) in [6, 6.07) is 10.4. The first kappa shape index (κ1) is 16.3. The van der Waals surface area contributed by atoms with Crippen molar-refractivity contribution in [3.8, 4) is 0 Å². The average molecular weight is 340 g/mol.